The summed E-state index contributed by atoms with van der Waals surface area (Å²) in [6, 6.07) is 0.601. The monoisotopic (exact) mass is 321 g/mol. The Labute approximate surface area is 135 Å². The average molecular weight is 321 g/mol. The molecule has 7 heteroatoms. The number of fused-ring (bicyclic) bond motifs is 4. The van der Waals surface area contributed by atoms with Crippen molar-refractivity contribution in [2.24, 2.45) is 0 Å². The SMILES string of the molecule is CCN1CCN(CC(=O)N2C3CCC2c2snnc2C3)CC1. The molecule has 120 valence electrons. The Kier molecular flexibility index (Phi) is 3.88. The molecule has 2 bridgehead atoms. The minimum absolute atomic E-state index is 0.248. The molecule has 0 radical (unpaired) electrons. The van der Waals surface area contributed by atoms with Crippen LogP contribution in [0, 0.1) is 0 Å². The number of hydrogen-bond donors (Lipinski definition) is 0. The van der Waals surface area contributed by atoms with Gasteiger partial charge in [0.15, 0.2) is 0 Å². The van der Waals surface area contributed by atoms with Gasteiger partial charge in [0, 0.05) is 38.6 Å². The van der Waals surface area contributed by atoms with Crippen molar-refractivity contribution in [3.05, 3.63) is 10.6 Å². The highest BCUT2D eigenvalue weighted by Crippen LogP contribution is 2.44. The molecule has 2 unspecified atom stereocenters. The summed E-state index contributed by atoms with van der Waals surface area (Å²) in [5.41, 5.74) is 1.14. The molecule has 4 rings (SSSR count). The van der Waals surface area contributed by atoms with E-state index in [0.717, 1.165) is 57.7 Å². The van der Waals surface area contributed by atoms with Crippen LogP contribution in [-0.2, 0) is 11.2 Å². The third kappa shape index (κ3) is 2.45. The largest absolute Gasteiger partial charge is 0.330 e. The average Bonchev–Trinajstić information content (AvgIpc) is 3.13. The number of nitrogens with zero attached hydrogens (tertiary/aromatic N) is 5. The van der Waals surface area contributed by atoms with Crippen molar-refractivity contribution in [3.63, 3.8) is 0 Å². The first kappa shape index (κ1) is 14.5. The van der Waals surface area contributed by atoms with Crippen LogP contribution in [0.3, 0.4) is 0 Å². The summed E-state index contributed by atoms with van der Waals surface area (Å²) in [5, 5.41) is 4.24. The third-order valence-corrected chi connectivity index (χ3v) is 6.25. The number of amides is 1. The van der Waals surface area contributed by atoms with Crippen molar-refractivity contribution < 1.29 is 4.79 Å². The summed E-state index contributed by atoms with van der Waals surface area (Å²) in [5.74, 6) is 0.302. The number of carbonyl (C=O) groups excluding carboxylic acids is 1. The van der Waals surface area contributed by atoms with Gasteiger partial charge in [-0.2, -0.15) is 0 Å². The molecule has 1 aromatic rings. The number of piperazine rings is 1. The maximum absolute atomic E-state index is 12.8. The highest BCUT2D eigenvalue weighted by atomic mass is 32.1. The van der Waals surface area contributed by atoms with Gasteiger partial charge in [0.2, 0.25) is 5.91 Å². The molecule has 6 nitrogen and oxygen atoms in total. The van der Waals surface area contributed by atoms with Gasteiger partial charge in [0.25, 0.3) is 0 Å². The molecule has 4 heterocycles. The topological polar surface area (TPSA) is 52.6 Å². The van der Waals surface area contributed by atoms with E-state index >= 15 is 0 Å². The van der Waals surface area contributed by atoms with Crippen LogP contribution in [0.4, 0.5) is 0 Å². The summed E-state index contributed by atoms with van der Waals surface area (Å²) in [6.45, 7) is 8.07. The van der Waals surface area contributed by atoms with Crippen molar-refractivity contribution in [1.29, 1.82) is 0 Å². The minimum Gasteiger partial charge on any atom is -0.330 e. The van der Waals surface area contributed by atoms with E-state index in [9.17, 15) is 4.79 Å². The van der Waals surface area contributed by atoms with Crippen LogP contribution in [0.5, 0.6) is 0 Å². The Hall–Kier alpha value is -1.05. The van der Waals surface area contributed by atoms with E-state index in [1.165, 1.54) is 16.4 Å². The molecule has 0 spiro atoms. The second-order valence-corrected chi connectivity index (χ2v) is 7.33. The lowest BCUT2D eigenvalue weighted by Crippen LogP contribution is -2.51. The second-order valence-electron chi connectivity index (χ2n) is 6.55. The summed E-state index contributed by atoms with van der Waals surface area (Å²) >= 11 is 1.48. The van der Waals surface area contributed by atoms with Crippen LogP contribution in [0.1, 0.15) is 36.4 Å². The van der Waals surface area contributed by atoms with Gasteiger partial charge in [-0.3, -0.25) is 9.69 Å². The van der Waals surface area contributed by atoms with E-state index in [-0.39, 0.29) is 6.04 Å². The Balaban J connectivity index is 1.42. The Bertz CT molecular complexity index is 554. The maximum atomic E-state index is 12.8. The molecule has 3 aliphatic heterocycles. The van der Waals surface area contributed by atoms with Gasteiger partial charge < -0.3 is 9.80 Å². The highest BCUT2D eigenvalue weighted by Gasteiger charge is 2.44. The van der Waals surface area contributed by atoms with Crippen LogP contribution in [0.2, 0.25) is 0 Å². The van der Waals surface area contributed by atoms with Crippen LogP contribution >= 0.6 is 11.5 Å². The minimum atomic E-state index is 0.248. The Morgan fingerprint density at radius 2 is 2.00 bits per heavy atom. The predicted octanol–water partition coefficient (Wildman–Crippen LogP) is 0.764. The summed E-state index contributed by atoms with van der Waals surface area (Å²) < 4.78 is 4.09. The fourth-order valence-corrected chi connectivity index (χ4v) is 4.90. The molecule has 3 aliphatic rings. The van der Waals surface area contributed by atoms with Gasteiger partial charge in [-0.15, -0.1) is 5.10 Å². The standard InChI is InChI=1S/C15H23N5OS/c1-2-18-5-7-19(8-6-18)10-14(21)20-11-3-4-13(20)15-12(9-11)16-17-22-15/h11,13H,2-10H2,1H3. The molecule has 1 amide bonds. The molecule has 1 aromatic heterocycles. The van der Waals surface area contributed by atoms with Crippen LogP contribution in [-0.4, -0.2) is 75.5 Å². The van der Waals surface area contributed by atoms with E-state index in [0.29, 0.717) is 18.5 Å². The molecule has 2 fully saturated rings. The summed E-state index contributed by atoms with van der Waals surface area (Å²) in [4.78, 5) is 21.0. The fourth-order valence-electron chi connectivity index (χ4n) is 4.09. The summed E-state index contributed by atoms with van der Waals surface area (Å²) in [7, 11) is 0. The summed E-state index contributed by atoms with van der Waals surface area (Å²) in [6.07, 6.45) is 3.09. The molecular formula is C15H23N5OS. The van der Waals surface area contributed by atoms with Crippen LogP contribution < -0.4 is 0 Å². The van der Waals surface area contributed by atoms with E-state index in [1.54, 1.807) is 0 Å². The lowest BCUT2D eigenvalue weighted by molar-refractivity contribution is -0.136. The molecule has 2 atom stereocenters. The smallest absolute Gasteiger partial charge is 0.237 e. The normalized spacial score (nSPS) is 28.9. The maximum Gasteiger partial charge on any atom is 0.237 e. The van der Waals surface area contributed by atoms with Crippen molar-refractivity contribution in [1.82, 2.24) is 24.3 Å². The van der Waals surface area contributed by atoms with E-state index < -0.39 is 0 Å². The first-order valence-electron chi connectivity index (χ1n) is 8.33. The lowest BCUT2D eigenvalue weighted by atomic mass is 10.1. The Morgan fingerprint density at radius 3 is 2.77 bits per heavy atom. The molecular weight excluding hydrogens is 298 g/mol. The van der Waals surface area contributed by atoms with Crippen LogP contribution in [0.25, 0.3) is 0 Å². The van der Waals surface area contributed by atoms with Gasteiger partial charge in [-0.05, 0) is 30.9 Å². The molecule has 0 saturated carbocycles. The van der Waals surface area contributed by atoms with Crippen LogP contribution in [0.15, 0.2) is 0 Å². The van der Waals surface area contributed by atoms with Gasteiger partial charge in [0.1, 0.15) is 0 Å². The van der Waals surface area contributed by atoms with Crippen molar-refractivity contribution >= 4 is 17.4 Å². The van der Waals surface area contributed by atoms with E-state index in [1.807, 2.05) is 0 Å². The lowest BCUT2D eigenvalue weighted by Gasteiger charge is -2.37. The third-order valence-electron chi connectivity index (χ3n) is 5.38. The molecule has 0 N–H and O–H groups in total. The number of hydrogen-bond acceptors (Lipinski definition) is 6. The number of rotatable bonds is 3. The van der Waals surface area contributed by atoms with Gasteiger partial charge in [-0.25, -0.2) is 0 Å². The van der Waals surface area contributed by atoms with Crippen molar-refractivity contribution in [2.75, 3.05) is 39.3 Å². The quantitative estimate of drug-likeness (QED) is 0.823. The van der Waals surface area contributed by atoms with Crippen molar-refractivity contribution in [2.45, 2.75) is 38.3 Å². The fraction of sp³-hybridized carbons (Fsp3) is 0.800. The first-order chi connectivity index (χ1) is 10.8. The molecule has 0 aliphatic carbocycles. The number of aromatic nitrogens is 2. The predicted molar refractivity (Wildman–Crippen MR) is 84.8 cm³/mol. The molecule has 0 aromatic carbocycles. The zero-order chi connectivity index (χ0) is 15.1. The highest BCUT2D eigenvalue weighted by molar-refractivity contribution is 7.05. The van der Waals surface area contributed by atoms with Gasteiger partial charge in [0.05, 0.1) is 23.2 Å². The molecule has 22 heavy (non-hydrogen) atoms. The van der Waals surface area contributed by atoms with Gasteiger partial charge >= 0.3 is 0 Å². The Morgan fingerprint density at radius 1 is 1.23 bits per heavy atom. The second kappa shape index (κ2) is 5.86. The van der Waals surface area contributed by atoms with Crippen molar-refractivity contribution in [3.8, 4) is 0 Å². The van der Waals surface area contributed by atoms with E-state index in [4.69, 9.17) is 0 Å². The van der Waals surface area contributed by atoms with E-state index in [2.05, 4.69) is 31.2 Å². The molecule has 2 saturated heterocycles. The first-order valence-corrected chi connectivity index (χ1v) is 9.10. The number of likely N-dealkylation sites (N-methyl/N-ethyl adjacent to an activating group) is 1. The zero-order valence-corrected chi connectivity index (χ0v) is 13.9. The zero-order valence-electron chi connectivity index (χ0n) is 13.1. The number of carbonyl (C=O) groups is 1. The van der Waals surface area contributed by atoms with Gasteiger partial charge in [-0.1, -0.05) is 11.4 Å².